The molecule has 0 unspecified atom stereocenters. The molecule has 0 bridgehead atoms. The second-order valence-electron chi connectivity index (χ2n) is 4.38. The van der Waals surface area contributed by atoms with Crippen molar-refractivity contribution < 1.29 is 15.9 Å². The Labute approximate surface area is 107 Å². The van der Waals surface area contributed by atoms with E-state index in [1.54, 1.807) is 0 Å². The molecule has 1 aromatic rings. The Morgan fingerprint density at radius 1 is 1.19 bits per heavy atom. The Balaban J connectivity index is 2.77. The Kier molecular flexibility index (Phi) is 5.37. The van der Waals surface area contributed by atoms with Gasteiger partial charge in [-0.05, 0) is 0 Å². The van der Waals surface area contributed by atoms with E-state index in [1.165, 1.54) is 10.1 Å². The summed E-state index contributed by atoms with van der Waals surface area (Å²) in [5.74, 6) is 0.520. The van der Waals surface area contributed by atoms with E-state index < -0.39 is 0 Å². The monoisotopic (exact) mass is 256 g/mol. The molecule has 0 spiro atoms. The summed E-state index contributed by atoms with van der Waals surface area (Å²) in [4.78, 5) is 0. The molecule has 0 saturated carbocycles. The second kappa shape index (κ2) is 6.32. The van der Waals surface area contributed by atoms with E-state index in [0.29, 0.717) is 5.92 Å². The van der Waals surface area contributed by atoms with Crippen LogP contribution in [0.2, 0.25) is 0 Å². The zero-order valence-corrected chi connectivity index (χ0v) is 11.7. The molecule has 0 saturated heterocycles. The number of hydrogen-bond donors (Lipinski definition) is 0. The summed E-state index contributed by atoms with van der Waals surface area (Å²) in [6.45, 7) is 5.31. The maximum atomic E-state index is 3.18. The first-order valence-corrected chi connectivity index (χ1v) is 6.18. The van der Waals surface area contributed by atoms with E-state index >= 15 is 0 Å². The Morgan fingerprint density at radius 3 is 2.19 bits per heavy atom. The van der Waals surface area contributed by atoms with Crippen molar-refractivity contribution in [3.05, 3.63) is 35.9 Å². The molecule has 0 N–H and O–H groups in total. The fraction of sp³-hybridized carbons (Fsp3) is 0.462. The van der Waals surface area contributed by atoms with Gasteiger partial charge in [0, 0.05) is 0 Å². The minimum absolute atomic E-state index is 0.520. The zero-order valence-electron chi connectivity index (χ0n) is 10.5. The quantitative estimate of drug-likeness (QED) is 0.746. The Morgan fingerprint density at radius 2 is 1.75 bits per heavy atom. The van der Waals surface area contributed by atoms with Crippen molar-refractivity contribution in [1.29, 1.82) is 0 Å². The van der Waals surface area contributed by atoms with Crippen LogP contribution in [0.3, 0.4) is 0 Å². The van der Waals surface area contributed by atoms with Gasteiger partial charge in [0.1, 0.15) is 0 Å². The summed E-state index contributed by atoms with van der Waals surface area (Å²) in [6, 6.07) is 10.5. The van der Waals surface area contributed by atoms with Crippen molar-refractivity contribution in [2.45, 2.75) is 20.4 Å². The molecule has 1 rings (SSSR count). The fourth-order valence-electron chi connectivity index (χ4n) is 1.47. The molecular weight excluding hydrogens is 236 g/mol. The molecule has 0 radical (unpaired) electrons. The Bertz CT molecular complexity index is 333. The minimum atomic E-state index is 0.520. The van der Waals surface area contributed by atoms with Gasteiger partial charge < -0.3 is 0 Å². The van der Waals surface area contributed by atoms with Crippen molar-refractivity contribution in [1.82, 2.24) is 10.0 Å². The molecule has 0 aliphatic carbocycles. The van der Waals surface area contributed by atoms with Gasteiger partial charge in [-0.1, -0.05) is 0 Å². The molecule has 88 valence electrons. The van der Waals surface area contributed by atoms with Gasteiger partial charge in [0.05, 0.1) is 0 Å². The summed E-state index contributed by atoms with van der Waals surface area (Å²) in [6.07, 6.45) is 0. The number of hydrogen-bond acceptors (Lipinski definition) is 2. The van der Waals surface area contributed by atoms with Crippen LogP contribution >= 0.6 is 0 Å². The first-order chi connectivity index (χ1) is 7.52. The fourth-order valence-corrected chi connectivity index (χ4v) is 1.83. The molecular formula is C13H20CrN2. The summed E-state index contributed by atoms with van der Waals surface area (Å²) in [7, 11) is 4.14. The summed E-state index contributed by atoms with van der Waals surface area (Å²) in [5, 5.41) is 4.39. The van der Waals surface area contributed by atoms with Gasteiger partial charge in [-0.3, -0.25) is 0 Å². The predicted octanol–water partition coefficient (Wildman–Crippen LogP) is 2.30. The van der Waals surface area contributed by atoms with Gasteiger partial charge in [-0.25, -0.2) is 0 Å². The average Bonchev–Trinajstić information content (AvgIpc) is 2.26. The number of nitrogens with zero attached hydrogens (tertiary/aromatic N) is 2. The van der Waals surface area contributed by atoms with E-state index in [4.69, 9.17) is 0 Å². The maximum absolute atomic E-state index is 3.18. The van der Waals surface area contributed by atoms with E-state index in [-0.39, 0.29) is 0 Å². The van der Waals surface area contributed by atoms with Crippen molar-refractivity contribution in [3.8, 4) is 0 Å². The molecule has 1 aromatic carbocycles. The molecule has 0 heterocycles. The first-order valence-electron chi connectivity index (χ1n) is 5.55. The second-order valence-corrected chi connectivity index (χ2v) is 5.04. The summed E-state index contributed by atoms with van der Waals surface area (Å²) in [5.41, 5.74) is 1.32. The normalized spacial score (nSPS) is 11.4. The van der Waals surface area contributed by atoms with Gasteiger partial charge in [0.25, 0.3) is 0 Å². The molecule has 16 heavy (non-hydrogen) atoms. The molecule has 0 amide bonds. The predicted molar refractivity (Wildman–Crippen MR) is 65.5 cm³/mol. The third kappa shape index (κ3) is 3.84. The topological polar surface area (TPSA) is 6.48 Å². The van der Waals surface area contributed by atoms with Gasteiger partial charge in [0.2, 0.25) is 0 Å². The van der Waals surface area contributed by atoms with Crippen molar-refractivity contribution >= 4 is 4.50 Å². The molecule has 2 nitrogen and oxygen atoms in total. The van der Waals surface area contributed by atoms with Gasteiger partial charge in [-0.15, -0.1) is 0 Å². The molecule has 3 heteroatoms. The molecule has 0 fully saturated rings. The number of rotatable bonds is 5. The van der Waals surface area contributed by atoms with Crippen LogP contribution in [0.5, 0.6) is 0 Å². The third-order valence-electron chi connectivity index (χ3n) is 2.41. The average molecular weight is 256 g/mol. The number of benzene rings is 1. The van der Waals surface area contributed by atoms with E-state index in [1.807, 2.05) is 0 Å². The van der Waals surface area contributed by atoms with Crippen LogP contribution in [0.4, 0.5) is 0 Å². The van der Waals surface area contributed by atoms with Gasteiger partial charge in [0.15, 0.2) is 0 Å². The summed E-state index contributed by atoms with van der Waals surface area (Å²) < 4.78 is 1.27. The number of hydrazine groups is 1. The van der Waals surface area contributed by atoms with E-state index in [0.717, 1.165) is 6.54 Å². The Hall–Kier alpha value is -0.458. The molecule has 0 atom stereocenters. The van der Waals surface area contributed by atoms with Crippen molar-refractivity contribution in [2.75, 3.05) is 14.1 Å². The van der Waals surface area contributed by atoms with Crippen LogP contribution < -0.4 is 0 Å². The molecule has 0 aromatic heterocycles. The van der Waals surface area contributed by atoms with Crippen LogP contribution in [-0.2, 0) is 22.4 Å². The van der Waals surface area contributed by atoms with Crippen molar-refractivity contribution in [2.24, 2.45) is 5.92 Å². The van der Waals surface area contributed by atoms with Gasteiger partial charge in [-0.2, -0.15) is 0 Å². The van der Waals surface area contributed by atoms with Crippen LogP contribution in [0.25, 0.3) is 0 Å². The van der Waals surface area contributed by atoms with Gasteiger partial charge >= 0.3 is 107 Å². The van der Waals surface area contributed by atoms with Crippen LogP contribution in [0.1, 0.15) is 19.4 Å². The van der Waals surface area contributed by atoms with E-state index in [9.17, 15) is 0 Å². The van der Waals surface area contributed by atoms with Crippen LogP contribution in [-0.4, -0.2) is 28.6 Å². The first kappa shape index (κ1) is 13.6. The van der Waals surface area contributed by atoms with Crippen LogP contribution in [0.15, 0.2) is 30.3 Å². The third-order valence-corrected chi connectivity index (χ3v) is 3.47. The molecule has 0 aliphatic rings. The van der Waals surface area contributed by atoms with E-state index in [2.05, 4.69) is 84.1 Å². The zero-order chi connectivity index (χ0) is 12.1. The standard InChI is InChI=1S/C13H20N2.Cr/c1-12(2)10-15(14(3)4)11-13-8-6-5-7-9-13;/h5-9,12H,11H2,1-4H3;. The van der Waals surface area contributed by atoms with Crippen molar-refractivity contribution in [3.63, 3.8) is 0 Å². The summed E-state index contributed by atoms with van der Waals surface area (Å²) >= 11 is 3.18. The SMILES string of the molecule is CC(C)[C](=[Cr])N(Cc1ccccc1)N(C)C. The molecule has 0 aliphatic heterocycles. The van der Waals surface area contributed by atoms with Crippen LogP contribution in [0, 0.1) is 5.92 Å².